The van der Waals surface area contributed by atoms with E-state index in [0.29, 0.717) is 18.2 Å². The van der Waals surface area contributed by atoms with Crippen molar-refractivity contribution in [3.63, 3.8) is 0 Å². The zero-order valence-corrected chi connectivity index (χ0v) is 10.9. The number of aromatic nitrogens is 2. The predicted octanol–water partition coefficient (Wildman–Crippen LogP) is 0.927. The van der Waals surface area contributed by atoms with Crippen molar-refractivity contribution in [2.45, 2.75) is 39.2 Å². The van der Waals surface area contributed by atoms with Crippen molar-refractivity contribution in [3.8, 4) is 0 Å². The monoisotopic (exact) mass is 260 g/mol. The summed E-state index contributed by atoms with van der Waals surface area (Å²) in [6.45, 7) is 3.86. The molecular formula is C10H18N3O3S-. The summed E-state index contributed by atoms with van der Waals surface area (Å²) >= 11 is -2.04. The summed E-state index contributed by atoms with van der Waals surface area (Å²) < 4.78 is 26.4. The maximum Gasteiger partial charge on any atom is 0.233 e. The van der Waals surface area contributed by atoms with Crippen molar-refractivity contribution in [1.29, 1.82) is 0 Å². The summed E-state index contributed by atoms with van der Waals surface area (Å²) in [5.41, 5.74) is 5.88. The van der Waals surface area contributed by atoms with Gasteiger partial charge in [0, 0.05) is 12.2 Å². The second-order valence-electron chi connectivity index (χ2n) is 4.20. The molecule has 1 aromatic rings. The molecule has 0 aliphatic heterocycles. The summed E-state index contributed by atoms with van der Waals surface area (Å²) in [5, 5.41) is 7.75. The zero-order valence-electron chi connectivity index (χ0n) is 10.1. The van der Waals surface area contributed by atoms with Crippen LogP contribution in [0.1, 0.15) is 44.5 Å². The van der Waals surface area contributed by atoms with Gasteiger partial charge in [-0.2, -0.15) is 0 Å². The highest BCUT2D eigenvalue weighted by Gasteiger charge is 2.17. The Balaban J connectivity index is 2.50. The van der Waals surface area contributed by atoms with E-state index in [1.54, 1.807) is 0 Å². The molecule has 0 aliphatic carbocycles. The molecule has 0 saturated carbocycles. The van der Waals surface area contributed by atoms with Crippen LogP contribution in [0.4, 0.5) is 0 Å². The highest BCUT2D eigenvalue weighted by atomic mass is 32.2. The normalized spacial score (nSPS) is 16.7. The van der Waals surface area contributed by atoms with Crippen LogP contribution in [0.3, 0.4) is 0 Å². The number of rotatable bonds is 7. The van der Waals surface area contributed by atoms with Crippen LogP contribution in [-0.2, 0) is 17.5 Å². The Kier molecular flexibility index (Phi) is 5.73. The lowest BCUT2D eigenvalue weighted by atomic mass is 10.0. The van der Waals surface area contributed by atoms with E-state index in [0.717, 1.165) is 12.8 Å². The highest BCUT2D eigenvalue weighted by Crippen LogP contribution is 2.18. The Morgan fingerprint density at radius 3 is 2.82 bits per heavy atom. The smallest absolute Gasteiger partial charge is 0.233 e. The van der Waals surface area contributed by atoms with E-state index in [9.17, 15) is 8.76 Å². The van der Waals surface area contributed by atoms with Gasteiger partial charge in [-0.25, -0.2) is 0 Å². The molecule has 0 saturated heterocycles. The van der Waals surface area contributed by atoms with E-state index < -0.39 is 17.1 Å². The first-order valence-corrected chi connectivity index (χ1v) is 6.91. The molecule has 3 unspecified atom stereocenters. The van der Waals surface area contributed by atoms with Gasteiger partial charge in [0.15, 0.2) is 0 Å². The highest BCUT2D eigenvalue weighted by molar-refractivity contribution is 7.79. The molecule has 1 rings (SSSR count). The maximum absolute atomic E-state index is 10.5. The minimum Gasteiger partial charge on any atom is -0.772 e. The summed E-state index contributed by atoms with van der Waals surface area (Å²) in [6, 6.07) is -0.397. The molecule has 1 heterocycles. The molecule has 0 bridgehead atoms. The van der Waals surface area contributed by atoms with E-state index in [1.165, 1.54) is 0 Å². The van der Waals surface area contributed by atoms with Gasteiger partial charge < -0.3 is 14.7 Å². The van der Waals surface area contributed by atoms with E-state index in [1.807, 2.05) is 13.8 Å². The van der Waals surface area contributed by atoms with Gasteiger partial charge in [-0.1, -0.05) is 24.9 Å². The number of nitrogens with zero attached hydrogens (tertiary/aromatic N) is 2. The van der Waals surface area contributed by atoms with Gasteiger partial charge in [0.1, 0.15) is 0 Å². The van der Waals surface area contributed by atoms with Crippen molar-refractivity contribution in [2.75, 3.05) is 5.75 Å². The van der Waals surface area contributed by atoms with Crippen molar-refractivity contribution >= 4 is 11.1 Å². The molecular weight excluding hydrogens is 242 g/mol. The van der Waals surface area contributed by atoms with Crippen molar-refractivity contribution in [1.82, 2.24) is 10.2 Å². The molecule has 0 fully saturated rings. The van der Waals surface area contributed by atoms with Crippen LogP contribution in [-0.4, -0.2) is 24.7 Å². The minimum atomic E-state index is -2.04. The second kappa shape index (κ2) is 6.83. The van der Waals surface area contributed by atoms with Gasteiger partial charge in [0.2, 0.25) is 11.8 Å². The van der Waals surface area contributed by atoms with Gasteiger partial charge >= 0.3 is 0 Å². The summed E-state index contributed by atoms with van der Waals surface area (Å²) in [4.78, 5) is 0. The maximum atomic E-state index is 10.5. The Morgan fingerprint density at radius 1 is 1.53 bits per heavy atom. The third-order valence-electron chi connectivity index (χ3n) is 2.34. The fraction of sp³-hybridized carbons (Fsp3) is 0.800. The van der Waals surface area contributed by atoms with Gasteiger partial charge in [0.25, 0.3) is 0 Å². The number of hydrogen-bond donors (Lipinski definition) is 1. The van der Waals surface area contributed by atoms with Crippen LogP contribution in [0.15, 0.2) is 4.42 Å². The van der Waals surface area contributed by atoms with Gasteiger partial charge in [-0.15, -0.1) is 10.2 Å². The quantitative estimate of drug-likeness (QED) is 0.731. The van der Waals surface area contributed by atoms with Crippen LogP contribution in [0.25, 0.3) is 0 Å². The van der Waals surface area contributed by atoms with E-state index >= 15 is 0 Å². The molecule has 17 heavy (non-hydrogen) atoms. The molecule has 0 aromatic carbocycles. The van der Waals surface area contributed by atoms with Crippen LogP contribution in [0, 0.1) is 5.92 Å². The van der Waals surface area contributed by atoms with Crippen molar-refractivity contribution in [3.05, 3.63) is 11.8 Å². The molecule has 98 valence electrons. The lowest BCUT2D eigenvalue weighted by Crippen LogP contribution is -2.18. The molecule has 6 nitrogen and oxygen atoms in total. The Bertz CT molecular complexity index is 369. The molecule has 0 spiro atoms. The van der Waals surface area contributed by atoms with Crippen LogP contribution in [0.2, 0.25) is 0 Å². The summed E-state index contributed by atoms with van der Waals surface area (Å²) in [6.07, 6.45) is 2.18. The summed E-state index contributed by atoms with van der Waals surface area (Å²) in [7, 11) is 0. The number of aryl methyl sites for hydroxylation is 1. The standard InChI is InChI=1S/C10H19N3O3S/c1-3-4-9-12-13-10(16-9)8(11)5-7(2)6-17(14)15/h7-8H,3-6,11H2,1-2H3,(H,14,15)/p-1. The number of nitrogens with two attached hydrogens (primary N) is 1. The van der Waals surface area contributed by atoms with Crippen LogP contribution >= 0.6 is 0 Å². The minimum absolute atomic E-state index is 0.0233. The lowest BCUT2D eigenvalue weighted by Gasteiger charge is -2.15. The summed E-state index contributed by atoms with van der Waals surface area (Å²) in [5.74, 6) is 1.05. The molecule has 3 atom stereocenters. The first kappa shape index (κ1) is 14.3. The third-order valence-corrected chi connectivity index (χ3v) is 3.18. The zero-order chi connectivity index (χ0) is 12.8. The molecule has 7 heteroatoms. The topological polar surface area (TPSA) is 105 Å². The molecule has 0 aliphatic rings. The molecule has 0 radical (unpaired) electrons. The number of hydrogen-bond acceptors (Lipinski definition) is 6. The fourth-order valence-corrected chi connectivity index (χ4v) is 2.17. The first-order valence-electron chi connectivity index (χ1n) is 5.66. The van der Waals surface area contributed by atoms with Crippen molar-refractivity contribution < 1.29 is 13.2 Å². The third kappa shape index (κ3) is 4.93. The lowest BCUT2D eigenvalue weighted by molar-refractivity contribution is 0.381. The fourth-order valence-electron chi connectivity index (χ4n) is 1.57. The van der Waals surface area contributed by atoms with Crippen molar-refractivity contribution in [2.24, 2.45) is 11.7 Å². The molecule has 2 N–H and O–H groups in total. The average Bonchev–Trinajstić information content (AvgIpc) is 2.65. The molecule has 0 amide bonds. The molecule has 1 aromatic heterocycles. The largest absolute Gasteiger partial charge is 0.772 e. The Hall–Kier alpha value is -0.790. The van der Waals surface area contributed by atoms with Crippen LogP contribution in [0.5, 0.6) is 0 Å². The predicted molar refractivity (Wildman–Crippen MR) is 62.8 cm³/mol. The van der Waals surface area contributed by atoms with Gasteiger partial charge in [0.05, 0.1) is 6.04 Å². The Morgan fingerprint density at radius 2 is 2.24 bits per heavy atom. The van der Waals surface area contributed by atoms with Crippen LogP contribution < -0.4 is 5.73 Å². The van der Waals surface area contributed by atoms with E-state index in [4.69, 9.17) is 10.2 Å². The van der Waals surface area contributed by atoms with E-state index in [-0.39, 0.29) is 11.7 Å². The SMILES string of the molecule is CCCc1nnc(C(N)CC(C)CS(=O)[O-])o1. The van der Waals surface area contributed by atoms with E-state index in [2.05, 4.69) is 10.2 Å². The Labute approximate surface area is 103 Å². The van der Waals surface area contributed by atoms with Gasteiger partial charge in [-0.3, -0.25) is 4.21 Å². The van der Waals surface area contributed by atoms with Gasteiger partial charge in [-0.05, 0) is 18.8 Å². The average molecular weight is 260 g/mol. The first-order chi connectivity index (χ1) is 8.02. The second-order valence-corrected chi connectivity index (χ2v) is 5.14.